The first kappa shape index (κ1) is 24.9. The number of benzene rings is 3. The molecule has 0 aliphatic carbocycles. The number of hydrogen-bond acceptors (Lipinski definition) is 4. The molecule has 0 spiro atoms. The lowest BCUT2D eigenvalue weighted by Crippen LogP contribution is -2.21. The predicted molar refractivity (Wildman–Crippen MR) is 116 cm³/mol. The minimum Gasteiger partial charge on any atom is -0.382 e. The van der Waals surface area contributed by atoms with Gasteiger partial charge in [-0.1, -0.05) is 30.3 Å². The summed E-state index contributed by atoms with van der Waals surface area (Å²) in [5, 5.41) is 13.1. The van der Waals surface area contributed by atoms with Gasteiger partial charge < -0.3 is 10.4 Å². The lowest BCUT2D eigenvalue weighted by molar-refractivity contribution is -0.115. The van der Waals surface area contributed by atoms with E-state index in [1.54, 1.807) is 30.3 Å². The number of halogens is 6. The van der Waals surface area contributed by atoms with Crippen LogP contribution in [0.15, 0.2) is 60.8 Å². The summed E-state index contributed by atoms with van der Waals surface area (Å²) in [6.45, 7) is 0. The number of nitrogens with one attached hydrogen (secondary N) is 1. The Morgan fingerprint density at radius 1 is 0.833 bits per heavy atom. The molecule has 0 aliphatic heterocycles. The van der Waals surface area contributed by atoms with Crippen molar-refractivity contribution in [3.05, 3.63) is 113 Å². The Labute approximate surface area is 200 Å². The molecule has 2 N–H and O–H groups in total. The van der Waals surface area contributed by atoms with Crippen molar-refractivity contribution in [3.8, 4) is 11.3 Å². The summed E-state index contributed by atoms with van der Waals surface area (Å²) in [5.41, 5.74) is -0.500. The van der Waals surface area contributed by atoms with Gasteiger partial charge in [0.05, 0.1) is 18.3 Å². The molecule has 1 aromatic heterocycles. The van der Waals surface area contributed by atoms with E-state index in [4.69, 9.17) is 0 Å². The topological polar surface area (TPSA) is 75.1 Å². The van der Waals surface area contributed by atoms with Gasteiger partial charge in [-0.2, -0.15) is 0 Å². The normalized spacial score (nSPS) is 11.9. The van der Waals surface area contributed by atoms with E-state index in [-0.39, 0.29) is 17.2 Å². The number of carbonyl (C=O) groups excluding carboxylic acids is 1. The van der Waals surface area contributed by atoms with Crippen molar-refractivity contribution in [1.82, 2.24) is 9.97 Å². The zero-order chi connectivity index (χ0) is 26.0. The minimum atomic E-state index is -2.34. The van der Waals surface area contributed by atoms with Gasteiger partial charge in [-0.05, 0) is 29.8 Å². The van der Waals surface area contributed by atoms with Crippen LogP contribution in [0, 0.1) is 34.9 Å². The third kappa shape index (κ3) is 4.91. The average Bonchev–Trinajstić information content (AvgIpc) is 2.89. The highest BCUT2D eigenvalue weighted by Crippen LogP contribution is 2.29. The first-order valence-corrected chi connectivity index (χ1v) is 10.3. The molecule has 4 aromatic rings. The lowest BCUT2D eigenvalue weighted by atomic mass is 10.1. The fraction of sp³-hybridized carbons (Fsp3) is 0.0800. The van der Waals surface area contributed by atoms with Crippen LogP contribution in [0.4, 0.5) is 32.2 Å². The fourth-order valence-corrected chi connectivity index (χ4v) is 3.39. The molecular weight excluding hydrogens is 488 g/mol. The molecule has 0 radical (unpaired) electrons. The number of amides is 1. The van der Waals surface area contributed by atoms with Gasteiger partial charge in [0.15, 0.2) is 29.1 Å². The Morgan fingerprint density at radius 2 is 1.42 bits per heavy atom. The smallest absolute Gasteiger partial charge is 0.230 e. The van der Waals surface area contributed by atoms with Crippen molar-refractivity contribution in [2.24, 2.45) is 0 Å². The molecule has 0 saturated carbocycles. The molecule has 0 fully saturated rings. The molecule has 0 aliphatic rings. The Hall–Kier alpha value is -4.25. The summed E-state index contributed by atoms with van der Waals surface area (Å²) in [5.74, 6) is -13.0. The molecular formula is C25H15F6N3O2. The van der Waals surface area contributed by atoms with Gasteiger partial charge in [-0.15, -0.1) is 0 Å². The van der Waals surface area contributed by atoms with Crippen molar-refractivity contribution in [2.75, 3.05) is 5.32 Å². The highest BCUT2D eigenvalue weighted by atomic mass is 19.2. The number of aliphatic hydroxyl groups is 1. The van der Waals surface area contributed by atoms with E-state index in [0.29, 0.717) is 11.1 Å². The van der Waals surface area contributed by atoms with E-state index in [1.165, 1.54) is 30.5 Å². The first-order valence-electron chi connectivity index (χ1n) is 10.3. The summed E-state index contributed by atoms with van der Waals surface area (Å²) >= 11 is 0. The second kappa shape index (κ2) is 10.2. The quantitative estimate of drug-likeness (QED) is 0.214. The van der Waals surface area contributed by atoms with Crippen LogP contribution in [0.5, 0.6) is 0 Å². The third-order valence-corrected chi connectivity index (χ3v) is 5.21. The average molecular weight is 503 g/mol. The number of anilines is 1. The number of aromatic nitrogens is 2. The van der Waals surface area contributed by atoms with Gasteiger partial charge in [0.1, 0.15) is 17.6 Å². The molecule has 184 valence electrons. The van der Waals surface area contributed by atoms with Crippen LogP contribution < -0.4 is 5.32 Å². The molecule has 11 heteroatoms. The summed E-state index contributed by atoms with van der Waals surface area (Å²) in [7, 11) is 0. The first-order chi connectivity index (χ1) is 17.2. The lowest BCUT2D eigenvalue weighted by Gasteiger charge is -2.16. The van der Waals surface area contributed by atoms with Crippen LogP contribution in [-0.4, -0.2) is 21.0 Å². The Morgan fingerprint density at radius 3 is 2.03 bits per heavy atom. The summed E-state index contributed by atoms with van der Waals surface area (Å²) < 4.78 is 81.6. The van der Waals surface area contributed by atoms with E-state index in [0.717, 1.165) is 0 Å². The van der Waals surface area contributed by atoms with Gasteiger partial charge in [0.25, 0.3) is 0 Å². The largest absolute Gasteiger partial charge is 0.382 e. The number of aliphatic hydroxyl groups excluding tert-OH is 1. The van der Waals surface area contributed by atoms with Gasteiger partial charge in [0.2, 0.25) is 11.7 Å². The van der Waals surface area contributed by atoms with Crippen molar-refractivity contribution in [2.45, 2.75) is 12.5 Å². The van der Waals surface area contributed by atoms with Crippen LogP contribution in [0.3, 0.4) is 0 Å². The highest BCUT2D eigenvalue weighted by Gasteiger charge is 2.28. The molecule has 1 amide bonds. The second-order valence-corrected chi connectivity index (χ2v) is 7.58. The van der Waals surface area contributed by atoms with E-state index in [1.807, 2.05) is 0 Å². The van der Waals surface area contributed by atoms with E-state index >= 15 is 0 Å². The Bertz CT molecular complexity index is 1400. The van der Waals surface area contributed by atoms with Gasteiger partial charge in [0, 0.05) is 11.1 Å². The molecule has 1 atom stereocenters. The van der Waals surface area contributed by atoms with Crippen molar-refractivity contribution < 1.29 is 36.2 Å². The molecule has 0 bridgehead atoms. The van der Waals surface area contributed by atoms with E-state index in [9.17, 15) is 36.2 Å². The van der Waals surface area contributed by atoms with Crippen LogP contribution in [0.1, 0.15) is 22.9 Å². The standard InChI is InChI=1S/C25H15F6N3O2/c26-14-8-6-12(7-9-14)16-11-32-25(23(33-16)24(36)13-4-2-1-3-5-13)34-17(35)10-15-18(27)20(29)22(31)21(30)19(15)28/h1-9,11,24,36H,10H2,(H,32,34,35). The van der Waals surface area contributed by atoms with Crippen molar-refractivity contribution >= 4 is 11.7 Å². The fourth-order valence-electron chi connectivity index (χ4n) is 3.39. The van der Waals surface area contributed by atoms with Crippen LogP contribution in [-0.2, 0) is 11.2 Å². The maximum atomic E-state index is 14.0. The molecule has 3 aromatic carbocycles. The Kier molecular flexibility index (Phi) is 7.02. The number of carbonyl (C=O) groups is 1. The SMILES string of the molecule is O=C(Cc1c(F)c(F)c(F)c(F)c1F)Nc1ncc(-c2ccc(F)cc2)nc1C(O)c1ccccc1. The predicted octanol–water partition coefficient (Wildman–Crippen LogP) is 5.24. The summed E-state index contributed by atoms with van der Waals surface area (Å²) in [6.07, 6.45) is -1.44. The van der Waals surface area contributed by atoms with Gasteiger partial charge in [-0.25, -0.2) is 36.3 Å². The van der Waals surface area contributed by atoms with E-state index < -0.39 is 58.9 Å². The maximum absolute atomic E-state index is 14.0. The molecule has 1 heterocycles. The molecule has 5 nitrogen and oxygen atoms in total. The van der Waals surface area contributed by atoms with Crippen LogP contribution in [0.2, 0.25) is 0 Å². The summed E-state index contributed by atoms with van der Waals surface area (Å²) in [4.78, 5) is 20.9. The molecule has 0 saturated heterocycles. The van der Waals surface area contributed by atoms with E-state index in [2.05, 4.69) is 15.3 Å². The monoisotopic (exact) mass is 503 g/mol. The Balaban J connectivity index is 1.70. The van der Waals surface area contributed by atoms with Crippen LogP contribution >= 0.6 is 0 Å². The zero-order valence-electron chi connectivity index (χ0n) is 18.1. The molecule has 1 unspecified atom stereocenters. The molecule has 36 heavy (non-hydrogen) atoms. The highest BCUT2D eigenvalue weighted by molar-refractivity contribution is 5.92. The van der Waals surface area contributed by atoms with Gasteiger partial charge in [-0.3, -0.25) is 4.79 Å². The number of rotatable bonds is 6. The molecule has 4 rings (SSSR count). The van der Waals surface area contributed by atoms with Crippen molar-refractivity contribution in [3.63, 3.8) is 0 Å². The summed E-state index contributed by atoms with van der Waals surface area (Å²) in [6, 6.07) is 13.3. The number of nitrogens with zero attached hydrogens (tertiary/aromatic N) is 2. The minimum absolute atomic E-state index is 0.172. The van der Waals surface area contributed by atoms with Crippen molar-refractivity contribution in [1.29, 1.82) is 0 Å². The second-order valence-electron chi connectivity index (χ2n) is 7.58. The van der Waals surface area contributed by atoms with Crippen LogP contribution in [0.25, 0.3) is 11.3 Å². The third-order valence-electron chi connectivity index (χ3n) is 5.21. The number of hydrogen-bond donors (Lipinski definition) is 2. The van der Waals surface area contributed by atoms with Gasteiger partial charge >= 0.3 is 0 Å². The zero-order valence-corrected chi connectivity index (χ0v) is 18.1. The maximum Gasteiger partial charge on any atom is 0.230 e.